The lowest BCUT2D eigenvalue weighted by molar-refractivity contribution is 0.0692. The third-order valence-electron chi connectivity index (χ3n) is 5.56. The number of urea groups is 1. The van der Waals surface area contributed by atoms with Gasteiger partial charge >= 0.3 is 23.8 Å². The molecule has 2 heterocycles. The number of sulfonamides is 1. The van der Waals surface area contributed by atoms with Crippen molar-refractivity contribution in [3.8, 4) is 29.8 Å². The van der Waals surface area contributed by atoms with Crippen molar-refractivity contribution in [3.05, 3.63) is 71.8 Å². The van der Waals surface area contributed by atoms with Crippen molar-refractivity contribution in [2.75, 3.05) is 19.0 Å². The van der Waals surface area contributed by atoms with Gasteiger partial charge in [-0.05, 0) is 53.8 Å². The van der Waals surface area contributed by atoms with Crippen molar-refractivity contribution in [2.24, 2.45) is 0 Å². The molecule has 4 aromatic rings. The lowest BCUT2D eigenvalue weighted by Gasteiger charge is -2.11. The van der Waals surface area contributed by atoms with Gasteiger partial charge in [0.1, 0.15) is 23.1 Å². The van der Waals surface area contributed by atoms with Gasteiger partial charge in [-0.15, -0.1) is 11.5 Å². The molecule has 2 amide bonds. The first kappa shape index (κ1) is 38.0. The van der Waals surface area contributed by atoms with Crippen LogP contribution in [0.5, 0.6) is 11.8 Å². The van der Waals surface area contributed by atoms with Crippen molar-refractivity contribution in [1.29, 1.82) is 0 Å². The van der Waals surface area contributed by atoms with Gasteiger partial charge in [0.05, 0.1) is 28.4 Å². The number of hydrogen-bond acceptors (Lipinski definition) is 12. The maximum atomic E-state index is 12.4. The van der Waals surface area contributed by atoms with Gasteiger partial charge in [-0.3, -0.25) is 5.32 Å². The highest BCUT2D eigenvalue weighted by molar-refractivity contribution is 14.1. The first-order chi connectivity index (χ1) is 22.4. The molecule has 0 saturated carbocycles. The maximum Gasteiger partial charge on any atom is 0.442 e. The number of aromatic nitrogens is 5. The van der Waals surface area contributed by atoms with E-state index in [1.807, 2.05) is 43.4 Å². The van der Waals surface area contributed by atoms with Crippen LogP contribution >= 0.6 is 45.8 Å². The van der Waals surface area contributed by atoms with Crippen molar-refractivity contribution in [1.82, 2.24) is 29.5 Å². The van der Waals surface area contributed by atoms with E-state index >= 15 is 0 Å². The molecule has 48 heavy (non-hydrogen) atoms. The minimum atomic E-state index is -4.45. The van der Waals surface area contributed by atoms with E-state index in [0.29, 0.717) is 20.9 Å². The Labute approximate surface area is 297 Å². The van der Waals surface area contributed by atoms with Gasteiger partial charge in [0.25, 0.3) is 10.0 Å². The summed E-state index contributed by atoms with van der Waals surface area (Å²) in [5.74, 6) is 0.866. The highest BCUT2D eigenvalue weighted by Crippen LogP contribution is 2.33. The van der Waals surface area contributed by atoms with E-state index in [-0.39, 0.29) is 34.4 Å². The summed E-state index contributed by atoms with van der Waals surface area (Å²) in [5.41, 5.74) is -0.572. The SMILES string of the molecule is C#CCOc1cc(-n2nc(C(C)(C)C)oc2=O)c(Cl)cc1Cl.COc1nc(C)nc(NC(=O)NS(=O)(=O)c2cc(I)ccc2C(=O)O)n1. The van der Waals surface area contributed by atoms with Crippen LogP contribution in [0.4, 0.5) is 10.7 Å². The van der Waals surface area contributed by atoms with Crippen LogP contribution in [0.25, 0.3) is 5.69 Å². The minimum Gasteiger partial charge on any atom is -0.479 e. The van der Waals surface area contributed by atoms with Crippen molar-refractivity contribution in [2.45, 2.75) is 38.0 Å². The quantitative estimate of drug-likeness (QED) is 0.165. The lowest BCUT2D eigenvalue weighted by Crippen LogP contribution is -2.35. The van der Waals surface area contributed by atoms with E-state index in [4.69, 9.17) is 48.6 Å². The molecule has 20 heteroatoms. The largest absolute Gasteiger partial charge is 0.479 e. The molecule has 0 saturated heterocycles. The van der Waals surface area contributed by atoms with E-state index < -0.39 is 43.7 Å². The second-order valence-corrected chi connectivity index (χ2v) is 14.0. The summed E-state index contributed by atoms with van der Waals surface area (Å²) in [4.78, 5) is 46.1. The molecule has 0 bridgehead atoms. The number of halogens is 3. The number of methoxy groups -OCH3 is 1. The van der Waals surface area contributed by atoms with Gasteiger partial charge in [-0.1, -0.05) is 49.9 Å². The fraction of sp³-hybridized carbons (Fsp3) is 0.250. The molecule has 0 aliphatic heterocycles. The molecule has 0 radical (unpaired) electrons. The molecule has 254 valence electrons. The molecule has 16 nitrogen and oxygen atoms in total. The third-order valence-corrected chi connectivity index (χ3v) is 8.20. The predicted octanol–water partition coefficient (Wildman–Crippen LogP) is 4.44. The summed E-state index contributed by atoms with van der Waals surface area (Å²) in [6.07, 6.45) is 5.15. The molecule has 2 aromatic heterocycles. The van der Waals surface area contributed by atoms with E-state index in [1.54, 1.807) is 4.72 Å². The summed E-state index contributed by atoms with van der Waals surface area (Å²) in [5, 5.41) is 16.0. The lowest BCUT2D eigenvalue weighted by atomic mass is 9.97. The second kappa shape index (κ2) is 15.6. The van der Waals surface area contributed by atoms with Crippen LogP contribution in [0.3, 0.4) is 0 Å². The number of ether oxygens (including phenoxy) is 2. The van der Waals surface area contributed by atoms with Crippen LogP contribution < -0.4 is 25.3 Å². The Morgan fingerprint density at radius 3 is 2.42 bits per heavy atom. The van der Waals surface area contributed by atoms with Gasteiger partial charge in [0.2, 0.25) is 11.8 Å². The number of nitrogens with one attached hydrogen (secondary N) is 2. The Bertz CT molecular complexity index is 2070. The smallest absolute Gasteiger partial charge is 0.442 e. The highest BCUT2D eigenvalue weighted by atomic mass is 127. The number of nitrogens with zero attached hydrogens (tertiary/aromatic N) is 5. The van der Waals surface area contributed by atoms with Gasteiger partial charge in [0, 0.05) is 15.1 Å². The highest BCUT2D eigenvalue weighted by Gasteiger charge is 2.26. The number of terminal acetylenes is 1. The molecule has 2 aromatic carbocycles. The molecule has 0 aliphatic carbocycles. The van der Waals surface area contributed by atoms with Gasteiger partial charge in [0.15, 0.2) is 0 Å². The van der Waals surface area contributed by atoms with Crippen molar-refractivity contribution in [3.63, 3.8) is 0 Å². The zero-order chi connectivity index (χ0) is 36.0. The van der Waals surface area contributed by atoms with Gasteiger partial charge in [-0.2, -0.15) is 19.6 Å². The predicted molar refractivity (Wildman–Crippen MR) is 182 cm³/mol. The van der Waals surface area contributed by atoms with Gasteiger partial charge in [-0.25, -0.2) is 27.5 Å². The van der Waals surface area contributed by atoms with Gasteiger partial charge < -0.3 is 19.0 Å². The molecule has 4 rings (SSSR count). The first-order valence-corrected chi connectivity index (χ1v) is 16.5. The van der Waals surface area contributed by atoms with Crippen LogP contribution in [-0.4, -0.2) is 64.0 Å². The minimum absolute atomic E-state index is 0.0434. The zero-order valence-electron chi connectivity index (χ0n) is 25.7. The van der Waals surface area contributed by atoms with Crippen LogP contribution in [0, 0.1) is 22.8 Å². The number of amides is 2. The number of aryl methyl sites for hydroxylation is 1. The molecule has 0 atom stereocenters. The summed E-state index contributed by atoms with van der Waals surface area (Å²) in [7, 11) is -3.14. The second-order valence-electron chi connectivity index (χ2n) is 10.3. The number of carboxylic acid groups (broad SMARTS) is 1. The molecule has 0 aliphatic rings. The van der Waals surface area contributed by atoms with E-state index in [2.05, 4.69) is 31.3 Å². The standard InChI is InChI=1S/C15H14Cl2N2O3.C13H12IN5O6S/c1-5-6-21-12-8-11(9(16)7-10(12)17)19-14(20)22-13(18-19)15(2,3)4;1-6-15-11(18-13(16-6)25-2)17-12(22)19-26(23,24)9-5-7(14)3-4-8(9)10(20)21/h1,7-8H,6H2,2-4H3;3-5H,1-2H3,(H,20,21)(H2,15,16,17,18,19,22). The maximum absolute atomic E-state index is 12.4. The number of aromatic carboxylic acids is 1. The van der Waals surface area contributed by atoms with E-state index in [0.717, 1.165) is 16.8 Å². The molecule has 3 N–H and O–H groups in total. The summed E-state index contributed by atoms with van der Waals surface area (Å²) in [6, 6.07) is 5.42. The number of hydrogen-bond donors (Lipinski definition) is 3. The Morgan fingerprint density at radius 2 is 1.83 bits per heavy atom. The average Bonchev–Trinajstić information content (AvgIpc) is 3.38. The third kappa shape index (κ3) is 9.79. The number of benzene rings is 2. The van der Waals surface area contributed by atoms with E-state index in [1.165, 1.54) is 32.2 Å². The summed E-state index contributed by atoms with van der Waals surface area (Å²) < 4.78 is 43.3. The summed E-state index contributed by atoms with van der Waals surface area (Å²) >= 11 is 14.0. The Balaban J connectivity index is 0.000000264. The Kier molecular flexibility index (Phi) is 12.4. The normalized spacial score (nSPS) is 11.1. The fourth-order valence-corrected chi connectivity index (χ4v) is 5.80. The molecule has 0 spiro atoms. The topological polar surface area (TPSA) is 218 Å². The molecular formula is C28H26Cl2IN7O9S. The van der Waals surface area contributed by atoms with Crippen LogP contribution in [0.1, 0.15) is 42.8 Å². The van der Waals surface area contributed by atoms with Crippen molar-refractivity contribution < 1.29 is 37.0 Å². The average molecular weight is 834 g/mol. The number of carboxylic acids is 1. The molecular weight excluding hydrogens is 808 g/mol. The number of carbonyl (C=O) groups is 2. The Hall–Kier alpha value is -4.45. The van der Waals surface area contributed by atoms with Crippen LogP contribution in [0.15, 0.2) is 44.4 Å². The van der Waals surface area contributed by atoms with Crippen molar-refractivity contribution >= 4 is 73.8 Å². The Morgan fingerprint density at radius 1 is 1.15 bits per heavy atom. The first-order valence-electron chi connectivity index (χ1n) is 13.2. The van der Waals surface area contributed by atoms with Crippen LogP contribution in [0.2, 0.25) is 10.0 Å². The monoisotopic (exact) mass is 833 g/mol. The number of rotatable bonds is 8. The zero-order valence-corrected chi connectivity index (χ0v) is 30.1. The number of carbonyl (C=O) groups excluding carboxylic acids is 1. The summed E-state index contributed by atoms with van der Waals surface area (Å²) in [6.45, 7) is 7.21. The molecule has 0 fully saturated rings. The van der Waals surface area contributed by atoms with E-state index in [9.17, 15) is 22.8 Å². The molecule has 0 unspecified atom stereocenters. The fourth-order valence-electron chi connectivity index (χ4n) is 3.45. The van der Waals surface area contributed by atoms with Crippen LogP contribution in [-0.2, 0) is 15.4 Å². The number of anilines is 1.